The third-order valence-electron chi connectivity index (χ3n) is 2.71. The van der Waals surface area contributed by atoms with Gasteiger partial charge in [-0.15, -0.1) is 0 Å². The zero-order valence-electron chi connectivity index (χ0n) is 14.9. The average molecular weight is 356 g/mol. The van der Waals surface area contributed by atoms with Gasteiger partial charge in [-0.1, -0.05) is 0 Å². The quantitative estimate of drug-likeness (QED) is 0.221. The van der Waals surface area contributed by atoms with Gasteiger partial charge in [0, 0.05) is 0 Å². The molecule has 0 spiro atoms. The molecule has 0 amide bonds. The van der Waals surface area contributed by atoms with E-state index in [2.05, 4.69) is 6.92 Å². The molecule has 0 N–H and O–H groups in total. The van der Waals surface area contributed by atoms with Crippen LogP contribution in [0.4, 0.5) is 0 Å². The molecule has 0 radical (unpaired) electrons. The third-order valence-corrected chi connectivity index (χ3v) is 3.41. The first-order valence-electron chi connectivity index (χ1n) is 7.14. The van der Waals surface area contributed by atoms with Crippen molar-refractivity contribution in [3.63, 3.8) is 0 Å². The third kappa shape index (κ3) is 59.2. The topological polar surface area (TPSA) is 86.2 Å². The molecule has 0 aliphatic carbocycles. The molecule has 9 heteroatoms. The van der Waals surface area contributed by atoms with Crippen LogP contribution in [0.1, 0.15) is 71.1 Å². The molecule has 0 saturated carbocycles. The summed E-state index contributed by atoms with van der Waals surface area (Å²) in [7, 11) is -5.39. The molecule has 106 valence electrons. The fourth-order valence-corrected chi connectivity index (χ4v) is 2.24. The largest absolute Gasteiger partial charge is 1.00 e. The number of rotatable bonds is 10. The minimum absolute atomic E-state index is 0. The maximum Gasteiger partial charge on any atom is 1.00 e. The van der Waals surface area contributed by atoms with Crippen LogP contribution in [0.5, 0.6) is 0 Å². The summed E-state index contributed by atoms with van der Waals surface area (Å²) in [4.78, 5) is 25.6. The van der Waals surface area contributed by atoms with Crippen LogP contribution in [0.3, 0.4) is 0 Å². The van der Waals surface area contributed by atoms with E-state index in [0.29, 0.717) is 0 Å². The number of hydrogen-bond acceptors (Lipinski definition) is 4. The summed E-state index contributed by atoms with van der Waals surface area (Å²) in [5.74, 6) is 0. The van der Waals surface area contributed by atoms with Crippen molar-refractivity contribution in [1.82, 2.24) is 0 Å². The second-order valence-electron chi connectivity index (χ2n) is 4.63. The van der Waals surface area contributed by atoms with Gasteiger partial charge >= 0.3 is 191 Å². The predicted molar refractivity (Wildman–Crippen MR) is 70.0 cm³/mol. The van der Waals surface area contributed by atoms with Crippen LogP contribution in [0.15, 0.2) is 0 Å². The second-order valence-corrected chi connectivity index (χ2v) is 6.52. The molecule has 0 aromatic heterocycles. The Bertz CT molecular complexity index is 187. The number of phosphoric acid groups is 1. The molecule has 0 saturated heterocycles. The normalized spacial score (nSPS) is 9.43. The molecule has 0 aromatic rings. The first kappa shape index (κ1) is 36.1. The van der Waals surface area contributed by atoms with Gasteiger partial charge in [0.2, 0.25) is 0 Å². The predicted octanol–water partition coefficient (Wildman–Crippen LogP) is -7.32. The van der Waals surface area contributed by atoms with Crippen LogP contribution in [-0.2, 0) is 4.57 Å². The van der Waals surface area contributed by atoms with Gasteiger partial charge in [0.1, 0.15) is 0 Å². The molecule has 21 heavy (non-hydrogen) atoms. The summed E-state index contributed by atoms with van der Waals surface area (Å²) in [6.07, 6.45) is 14.7. The van der Waals surface area contributed by atoms with E-state index in [0.717, 1.165) is 0 Å². The molecule has 0 aromatic carbocycles. The van der Waals surface area contributed by atoms with Crippen LogP contribution >= 0.6 is 7.82 Å². The summed E-state index contributed by atoms with van der Waals surface area (Å²) in [6, 6.07) is 0. The Kier molecular flexibility index (Phi) is 49.7. The average Bonchev–Trinajstić information content (AvgIpc) is 2.25. The standard InChI is InChI=1S/C12H25.4Na.H3O4P/c1-3-5-7-9-11-12-10-8-6-4-2;;;;;1-5(2,3)4/h1,3-12H2,2H3;;;;;(H3,1,2,3,4)/q;;3*+1;/p-3. The first-order chi connectivity index (χ1) is 8.41. The van der Waals surface area contributed by atoms with E-state index in [-0.39, 0.29) is 88.7 Å². The van der Waals surface area contributed by atoms with E-state index in [1.165, 1.54) is 95.8 Å². The van der Waals surface area contributed by atoms with Crippen molar-refractivity contribution >= 4 is 35.8 Å². The number of unbranched alkanes of at least 4 members (excludes halogenated alkanes) is 9. The van der Waals surface area contributed by atoms with Crippen LogP contribution in [0.25, 0.3) is 0 Å². The molecule has 0 rings (SSSR count). The van der Waals surface area contributed by atoms with E-state index < -0.39 is 7.82 Å². The zero-order chi connectivity index (χ0) is 14.3. The zero-order valence-corrected chi connectivity index (χ0v) is 23.8. The van der Waals surface area contributed by atoms with Crippen LogP contribution in [0, 0.1) is 0 Å². The Labute approximate surface area is 214 Å². The molecule has 0 heterocycles. The van der Waals surface area contributed by atoms with Gasteiger partial charge in [0.05, 0.1) is 0 Å². The van der Waals surface area contributed by atoms with Crippen LogP contribution in [-0.4, -0.2) is 27.9 Å². The summed E-state index contributed by atoms with van der Waals surface area (Å²) in [6.45, 7) is 2.29. The van der Waals surface area contributed by atoms with Gasteiger partial charge in [-0.3, -0.25) is 0 Å². The van der Waals surface area contributed by atoms with Gasteiger partial charge < -0.3 is 19.2 Å². The molecular weight excluding hydrogens is 331 g/mol. The Balaban J connectivity index is -0.0000000933. The Morgan fingerprint density at radius 3 is 1.19 bits per heavy atom. The summed E-state index contributed by atoms with van der Waals surface area (Å²) in [5.41, 5.74) is 0. The summed E-state index contributed by atoms with van der Waals surface area (Å²) >= 11 is 1.41. The SMILES string of the molecule is CCCCCCCCCCC[CH2][Na].O=P([O-])([O-])[O-].[Na+].[Na+].[Na+]. The van der Waals surface area contributed by atoms with Crippen LogP contribution in [0.2, 0.25) is 3.67 Å². The smallest absolute Gasteiger partial charge is 0.822 e. The fourth-order valence-electron chi connectivity index (χ4n) is 1.74. The fraction of sp³-hybridized carbons (Fsp3) is 1.00. The first-order valence-corrected chi connectivity index (χ1v) is 10.0. The minimum Gasteiger partial charge on any atom is -0.822 e. The maximum atomic E-state index is 8.55. The van der Waals surface area contributed by atoms with Crippen molar-refractivity contribution in [2.24, 2.45) is 0 Å². The van der Waals surface area contributed by atoms with Crippen molar-refractivity contribution in [3.8, 4) is 0 Å². The Hall–Kier alpha value is 4.11. The van der Waals surface area contributed by atoms with E-state index in [1.807, 2.05) is 0 Å². The van der Waals surface area contributed by atoms with Crippen molar-refractivity contribution in [1.29, 1.82) is 0 Å². The molecule has 0 fully saturated rings. The molecule has 0 unspecified atom stereocenters. The van der Waals surface area contributed by atoms with Gasteiger partial charge in [-0.2, -0.15) is 7.82 Å². The van der Waals surface area contributed by atoms with Crippen molar-refractivity contribution in [2.75, 3.05) is 0 Å². The number of hydrogen-bond donors (Lipinski definition) is 0. The Morgan fingerprint density at radius 1 is 0.714 bits per heavy atom. The molecule has 0 aliphatic heterocycles. The second kappa shape index (κ2) is 28.9. The monoisotopic (exact) mass is 356 g/mol. The van der Waals surface area contributed by atoms with Crippen molar-refractivity contribution < 1.29 is 108 Å². The van der Waals surface area contributed by atoms with Crippen molar-refractivity contribution in [2.45, 2.75) is 74.8 Å². The van der Waals surface area contributed by atoms with Gasteiger partial charge in [-0.25, -0.2) is 0 Å². The molecule has 0 bridgehead atoms. The summed E-state index contributed by atoms with van der Waals surface area (Å²) < 4.78 is 10.1. The van der Waals surface area contributed by atoms with Crippen molar-refractivity contribution in [3.05, 3.63) is 0 Å². The van der Waals surface area contributed by atoms with E-state index >= 15 is 0 Å². The summed E-state index contributed by atoms with van der Waals surface area (Å²) in [5, 5.41) is 0. The van der Waals surface area contributed by atoms with Gasteiger partial charge in [-0.05, 0) is 0 Å². The Morgan fingerprint density at radius 2 is 0.952 bits per heavy atom. The van der Waals surface area contributed by atoms with E-state index in [4.69, 9.17) is 19.2 Å². The molecule has 4 nitrogen and oxygen atoms in total. The van der Waals surface area contributed by atoms with Crippen LogP contribution < -0.4 is 103 Å². The van der Waals surface area contributed by atoms with Gasteiger partial charge in [0.15, 0.2) is 0 Å². The van der Waals surface area contributed by atoms with E-state index in [1.54, 1.807) is 0 Å². The molecule has 0 aliphatic rings. The minimum atomic E-state index is -5.39. The maximum absolute atomic E-state index is 8.55. The van der Waals surface area contributed by atoms with Gasteiger partial charge in [0.25, 0.3) is 0 Å². The molecular formula is C12H25Na4O4P. The molecule has 0 atom stereocenters. The van der Waals surface area contributed by atoms with E-state index in [9.17, 15) is 0 Å².